The number of rotatable bonds is 0. The molecule has 130 valence electrons. The summed E-state index contributed by atoms with van der Waals surface area (Å²) in [5.41, 5.74) is 3.67. The van der Waals surface area contributed by atoms with Gasteiger partial charge >= 0.3 is 0 Å². The van der Waals surface area contributed by atoms with Crippen molar-refractivity contribution in [3.05, 3.63) is 29.3 Å². The molecule has 4 aliphatic rings. The molecule has 2 fully saturated rings. The highest BCUT2D eigenvalue weighted by molar-refractivity contribution is 5.72. The van der Waals surface area contributed by atoms with Crippen molar-refractivity contribution < 1.29 is 14.6 Å². The Kier molecular flexibility index (Phi) is 3.00. The van der Waals surface area contributed by atoms with Crippen LogP contribution < -0.4 is 4.90 Å². The third-order valence-corrected chi connectivity index (χ3v) is 6.75. The molecule has 4 nitrogen and oxygen atoms in total. The molecule has 0 radical (unpaired) electrons. The van der Waals surface area contributed by atoms with Crippen LogP contribution in [0.5, 0.6) is 0 Å². The molecule has 24 heavy (non-hydrogen) atoms. The van der Waals surface area contributed by atoms with Gasteiger partial charge in [-0.05, 0) is 30.2 Å². The maximum Gasteiger partial charge on any atom is 0.243 e. The third kappa shape index (κ3) is 1.69. The van der Waals surface area contributed by atoms with Crippen molar-refractivity contribution in [3.8, 4) is 0 Å². The molecule has 2 spiro atoms. The number of anilines is 1. The number of fused-ring (bicyclic) bond motifs is 2. The lowest BCUT2D eigenvalue weighted by Crippen LogP contribution is -2.61. The van der Waals surface area contributed by atoms with Gasteiger partial charge in [0.25, 0.3) is 0 Å². The molecular weight excluding hydrogens is 302 g/mol. The SMILES string of the molecule is CC1(C)CC2(CCCCC2)N2c3c1cccc3C1(OCCO1)[C@H]2O. The van der Waals surface area contributed by atoms with E-state index in [1.807, 2.05) is 0 Å². The molecule has 0 unspecified atom stereocenters. The van der Waals surface area contributed by atoms with Crippen LogP contribution in [0.1, 0.15) is 63.5 Å². The number of ether oxygens (including phenoxy) is 2. The Morgan fingerprint density at radius 2 is 1.71 bits per heavy atom. The second-order valence-corrected chi connectivity index (χ2v) is 8.66. The molecule has 1 aromatic rings. The Morgan fingerprint density at radius 3 is 2.42 bits per heavy atom. The molecule has 4 heteroatoms. The Balaban J connectivity index is 1.77. The summed E-state index contributed by atoms with van der Waals surface area (Å²) in [4.78, 5) is 2.30. The first-order valence-electron chi connectivity index (χ1n) is 9.40. The van der Waals surface area contributed by atoms with E-state index in [1.54, 1.807) is 0 Å². The van der Waals surface area contributed by atoms with Crippen LogP contribution in [-0.2, 0) is 20.7 Å². The first-order chi connectivity index (χ1) is 11.5. The minimum atomic E-state index is -0.990. The second-order valence-electron chi connectivity index (χ2n) is 8.66. The zero-order valence-electron chi connectivity index (χ0n) is 14.7. The topological polar surface area (TPSA) is 41.9 Å². The minimum absolute atomic E-state index is 0.0308. The molecule has 1 aliphatic carbocycles. The Morgan fingerprint density at radius 1 is 1.04 bits per heavy atom. The first-order valence-corrected chi connectivity index (χ1v) is 9.40. The van der Waals surface area contributed by atoms with Crippen LogP contribution in [0.2, 0.25) is 0 Å². The average molecular weight is 329 g/mol. The molecule has 1 N–H and O–H groups in total. The van der Waals surface area contributed by atoms with Gasteiger partial charge in [-0.15, -0.1) is 0 Å². The van der Waals surface area contributed by atoms with Gasteiger partial charge < -0.3 is 19.5 Å². The molecule has 5 rings (SSSR count). The van der Waals surface area contributed by atoms with Gasteiger partial charge in [-0.2, -0.15) is 0 Å². The fourth-order valence-electron chi connectivity index (χ4n) is 5.92. The van der Waals surface area contributed by atoms with Crippen LogP contribution >= 0.6 is 0 Å². The van der Waals surface area contributed by atoms with Crippen LogP contribution in [0.4, 0.5) is 5.69 Å². The van der Waals surface area contributed by atoms with E-state index in [2.05, 4.69) is 36.9 Å². The van der Waals surface area contributed by atoms with E-state index in [0.29, 0.717) is 13.2 Å². The molecule has 1 saturated carbocycles. The summed E-state index contributed by atoms with van der Waals surface area (Å²) in [6.45, 7) is 5.80. The maximum absolute atomic E-state index is 11.4. The van der Waals surface area contributed by atoms with Crippen LogP contribution in [0.3, 0.4) is 0 Å². The van der Waals surface area contributed by atoms with Gasteiger partial charge in [-0.25, -0.2) is 0 Å². The van der Waals surface area contributed by atoms with Crippen molar-refractivity contribution in [3.63, 3.8) is 0 Å². The average Bonchev–Trinajstić information content (AvgIpc) is 3.13. The van der Waals surface area contributed by atoms with Gasteiger partial charge in [0.2, 0.25) is 5.79 Å². The minimum Gasteiger partial charge on any atom is -0.368 e. The summed E-state index contributed by atoms with van der Waals surface area (Å²) in [6.07, 6.45) is 6.43. The van der Waals surface area contributed by atoms with Crippen molar-refractivity contribution in [2.75, 3.05) is 18.1 Å². The van der Waals surface area contributed by atoms with E-state index < -0.39 is 12.0 Å². The van der Waals surface area contributed by atoms with Crippen molar-refractivity contribution >= 4 is 5.69 Å². The summed E-state index contributed by atoms with van der Waals surface area (Å²) < 4.78 is 12.1. The molecule has 3 heterocycles. The lowest BCUT2D eigenvalue weighted by Gasteiger charge is -2.55. The van der Waals surface area contributed by atoms with Crippen LogP contribution in [0.15, 0.2) is 18.2 Å². The van der Waals surface area contributed by atoms with E-state index in [1.165, 1.54) is 30.5 Å². The van der Waals surface area contributed by atoms with Crippen molar-refractivity contribution in [2.24, 2.45) is 0 Å². The van der Waals surface area contributed by atoms with Gasteiger partial charge in [-0.3, -0.25) is 0 Å². The van der Waals surface area contributed by atoms with Crippen LogP contribution in [0.25, 0.3) is 0 Å². The highest BCUT2D eigenvalue weighted by Gasteiger charge is 2.63. The molecule has 1 saturated heterocycles. The lowest BCUT2D eigenvalue weighted by molar-refractivity contribution is -0.224. The zero-order valence-corrected chi connectivity index (χ0v) is 14.7. The van der Waals surface area contributed by atoms with E-state index in [-0.39, 0.29) is 11.0 Å². The summed E-state index contributed by atoms with van der Waals surface area (Å²) in [6, 6.07) is 6.41. The standard InChI is InChI=1S/C20H27NO3/c1-18(2)13-19(9-4-3-5-10-19)21-16-14(18)7-6-8-15(16)20(17(21)22)23-11-12-24-20/h6-8,17,22H,3-5,9-13H2,1-2H3/t17-/m1/s1. The molecule has 0 bridgehead atoms. The van der Waals surface area contributed by atoms with Gasteiger partial charge in [-0.1, -0.05) is 51.3 Å². The predicted molar refractivity (Wildman–Crippen MR) is 92.0 cm³/mol. The number of benzene rings is 1. The van der Waals surface area contributed by atoms with E-state index in [4.69, 9.17) is 9.47 Å². The molecular formula is C20H27NO3. The summed E-state index contributed by atoms with van der Waals surface area (Å²) in [5.74, 6) is -0.990. The van der Waals surface area contributed by atoms with Gasteiger partial charge in [0.1, 0.15) is 0 Å². The van der Waals surface area contributed by atoms with Crippen molar-refractivity contribution in [1.29, 1.82) is 0 Å². The Bertz CT molecular complexity index is 671. The first kappa shape index (κ1) is 15.2. The fraction of sp³-hybridized carbons (Fsp3) is 0.700. The Hall–Kier alpha value is -1.10. The molecule has 1 aromatic carbocycles. The highest BCUT2D eigenvalue weighted by atomic mass is 16.8. The third-order valence-electron chi connectivity index (χ3n) is 6.75. The van der Waals surface area contributed by atoms with Gasteiger partial charge in [0.15, 0.2) is 6.23 Å². The zero-order chi connectivity index (χ0) is 16.6. The second kappa shape index (κ2) is 4.75. The molecule has 1 atom stereocenters. The number of hydrogen-bond acceptors (Lipinski definition) is 4. The summed E-state index contributed by atoms with van der Waals surface area (Å²) in [7, 11) is 0. The number of nitrogens with zero attached hydrogens (tertiary/aromatic N) is 1. The van der Waals surface area contributed by atoms with Crippen molar-refractivity contribution in [1.82, 2.24) is 0 Å². The molecule has 0 aromatic heterocycles. The predicted octanol–water partition coefficient (Wildman–Crippen LogP) is 3.41. The normalized spacial score (nSPS) is 31.6. The van der Waals surface area contributed by atoms with E-state index in [9.17, 15) is 5.11 Å². The Labute approximate surface area is 143 Å². The van der Waals surface area contributed by atoms with E-state index >= 15 is 0 Å². The smallest absolute Gasteiger partial charge is 0.243 e. The molecule has 0 amide bonds. The fourth-order valence-corrected chi connectivity index (χ4v) is 5.92. The number of hydrogen-bond donors (Lipinski definition) is 1. The van der Waals surface area contributed by atoms with Crippen molar-refractivity contribution in [2.45, 2.75) is 75.3 Å². The number of aliphatic hydroxyl groups is 1. The quantitative estimate of drug-likeness (QED) is 0.792. The van der Waals surface area contributed by atoms with E-state index in [0.717, 1.165) is 24.8 Å². The number of para-hydroxylation sites is 1. The molecule has 3 aliphatic heterocycles. The number of aliphatic hydroxyl groups excluding tert-OH is 1. The summed E-state index contributed by atoms with van der Waals surface area (Å²) >= 11 is 0. The van der Waals surface area contributed by atoms with Gasteiger partial charge in [0.05, 0.1) is 18.9 Å². The van der Waals surface area contributed by atoms with Gasteiger partial charge in [0, 0.05) is 11.1 Å². The monoisotopic (exact) mass is 329 g/mol. The largest absolute Gasteiger partial charge is 0.368 e. The lowest BCUT2D eigenvalue weighted by atomic mass is 9.64. The van der Waals surface area contributed by atoms with Crippen LogP contribution in [0, 0.1) is 0 Å². The highest BCUT2D eigenvalue weighted by Crippen LogP contribution is 2.61. The maximum atomic E-state index is 11.4. The van der Waals surface area contributed by atoms with Crippen LogP contribution in [-0.4, -0.2) is 30.1 Å². The summed E-state index contributed by atoms with van der Waals surface area (Å²) in [5, 5.41) is 11.4.